The van der Waals surface area contributed by atoms with E-state index in [9.17, 15) is 4.79 Å². The minimum atomic E-state index is -0.453. The number of carbonyl (C=O) groups is 1. The smallest absolute Gasteiger partial charge is 0.240 e. The van der Waals surface area contributed by atoms with E-state index in [2.05, 4.69) is 20.9 Å². The summed E-state index contributed by atoms with van der Waals surface area (Å²) in [7, 11) is 3.22. The van der Waals surface area contributed by atoms with Crippen molar-refractivity contribution in [1.82, 2.24) is 14.9 Å². The van der Waals surface area contributed by atoms with Gasteiger partial charge in [-0.2, -0.15) is 0 Å². The Balaban J connectivity index is 1.64. The van der Waals surface area contributed by atoms with Gasteiger partial charge in [0.05, 0.1) is 20.3 Å². The van der Waals surface area contributed by atoms with Crippen molar-refractivity contribution in [1.29, 1.82) is 0 Å². The molecule has 1 aromatic heterocycles. The molecule has 1 amide bonds. The highest BCUT2D eigenvalue weighted by Crippen LogP contribution is 2.38. The maximum absolute atomic E-state index is 13.2. The number of benzene rings is 2. The lowest BCUT2D eigenvalue weighted by Gasteiger charge is -2.32. The molecule has 4 rings (SSSR count). The fourth-order valence-electron chi connectivity index (χ4n) is 3.14. The van der Waals surface area contributed by atoms with Gasteiger partial charge in [-0.3, -0.25) is 4.79 Å². The van der Waals surface area contributed by atoms with Crippen LogP contribution in [0.2, 0.25) is 0 Å². The molecule has 0 spiro atoms. The summed E-state index contributed by atoms with van der Waals surface area (Å²) in [6.07, 6.45) is 0. The topological polar surface area (TPSA) is 90.3 Å². The molecule has 29 heavy (non-hydrogen) atoms. The number of anilines is 1. The third kappa shape index (κ3) is 3.86. The average molecular weight is 411 g/mol. The SMILES string of the molecule is COc1ccc([C@@H]2Nn3c(C)nnc3S[C@@H]2C(=O)Nc2cccc(OC)c2)cc1. The number of aromatic nitrogens is 3. The van der Waals surface area contributed by atoms with Gasteiger partial charge in [0.2, 0.25) is 11.1 Å². The maximum Gasteiger partial charge on any atom is 0.240 e. The van der Waals surface area contributed by atoms with Crippen LogP contribution in [0.3, 0.4) is 0 Å². The van der Waals surface area contributed by atoms with Crippen molar-refractivity contribution in [2.24, 2.45) is 0 Å². The van der Waals surface area contributed by atoms with Crippen LogP contribution in [0.15, 0.2) is 53.7 Å². The number of fused-ring (bicyclic) bond motifs is 1. The van der Waals surface area contributed by atoms with Crippen LogP contribution >= 0.6 is 11.8 Å². The van der Waals surface area contributed by atoms with E-state index in [4.69, 9.17) is 9.47 Å². The number of aryl methyl sites for hydroxylation is 1. The normalized spacial score (nSPS) is 17.8. The van der Waals surface area contributed by atoms with Crippen LogP contribution in [0.4, 0.5) is 5.69 Å². The number of amides is 1. The highest BCUT2D eigenvalue weighted by molar-refractivity contribution is 8.00. The molecule has 8 nitrogen and oxygen atoms in total. The molecule has 0 bridgehead atoms. The number of hydrogen-bond acceptors (Lipinski definition) is 7. The Hall–Kier alpha value is -3.20. The molecule has 0 saturated heterocycles. The lowest BCUT2D eigenvalue weighted by atomic mass is 10.0. The molecule has 2 aromatic carbocycles. The molecule has 0 unspecified atom stereocenters. The zero-order valence-electron chi connectivity index (χ0n) is 16.2. The maximum atomic E-state index is 13.2. The Morgan fingerprint density at radius 1 is 1.10 bits per heavy atom. The number of carbonyl (C=O) groups excluding carboxylic acids is 1. The Kier molecular flexibility index (Phi) is 5.30. The summed E-state index contributed by atoms with van der Waals surface area (Å²) >= 11 is 1.38. The third-order valence-electron chi connectivity index (χ3n) is 4.67. The zero-order chi connectivity index (χ0) is 20.4. The van der Waals surface area contributed by atoms with Crippen molar-refractivity contribution < 1.29 is 14.3 Å². The predicted molar refractivity (Wildman–Crippen MR) is 111 cm³/mol. The molecule has 1 aliphatic heterocycles. The summed E-state index contributed by atoms with van der Waals surface area (Å²) in [6.45, 7) is 1.87. The van der Waals surface area contributed by atoms with Crippen LogP contribution in [0.25, 0.3) is 0 Å². The summed E-state index contributed by atoms with van der Waals surface area (Å²) in [5.74, 6) is 2.04. The van der Waals surface area contributed by atoms with E-state index in [0.29, 0.717) is 16.6 Å². The average Bonchev–Trinajstić information content (AvgIpc) is 3.13. The molecule has 0 radical (unpaired) electrons. The molecular weight excluding hydrogens is 390 g/mol. The van der Waals surface area contributed by atoms with Gasteiger partial charge in [-0.1, -0.05) is 30.0 Å². The Labute approximate surface area is 172 Å². The molecule has 0 aliphatic carbocycles. The first kappa shape index (κ1) is 19.1. The first-order valence-corrected chi connectivity index (χ1v) is 9.91. The molecule has 9 heteroatoms. The monoisotopic (exact) mass is 411 g/mol. The zero-order valence-corrected chi connectivity index (χ0v) is 17.1. The van der Waals surface area contributed by atoms with Gasteiger partial charge < -0.3 is 20.2 Å². The van der Waals surface area contributed by atoms with Crippen molar-refractivity contribution in [3.05, 3.63) is 59.9 Å². The van der Waals surface area contributed by atoms with E-state index in [-0.39, 0.29) is 11.9 Å². The standard InChI is InChI=1S/C20H21N5O3S/c1-12-22-23-20-25(12)24-17(13-7-9-15(27-2)10-8-13)18(29-20)19(26)21-14-5-4-6-16(11-14)28-3/h4-11,17-18,24H,1-3H3,(H,21,26)/t17-,18-/m0/s1. The minimum Gasteiger partial charge on any atom is -0.497 e. The summed E-state index contributed by atoms with van der Waals surface area (Å²) in [4.78, 5) is 13.2. The van der Waals surface area contributed by atoms with Gasteiger partial charge >= 0.3 is 0 Å². The van der Waals surface area contributed by atoms with Gasteiger partial charge in [-0.05, 0) is 36.8 Å². The van der Waals surface area contributed by atoms with Crippen LogP contribution < -0.4 is 20.2 Å². The van der Waals surface area contributed by atoms with Gasteiger partial charge in [-0.25, -0.2) is 4.68 Å². The van der Waals surface area contributed by atoms with Crippen molar-refractivity contribution >= 4 is 23.4 Å². The number of thioether (sulfide) groups is 1. The molecule has 2 heterocycles. The summed E-state index contributed by atoms with van der Waals surface area (Å²) in [6, 6.07) is 14.7. The van der Waals surface area contributed by atoms with Crippen molar-refractivity contribution in [2.75, 3.05) is 25.0 Å². The van der Waals surface area contributed by atoms with Crippen molar-refractivity contribution in [3.8, 4) is 11.5 Å². The van der Waals surface area contributed by atoms with E-state index in [1.807, 2.05) is 54.1 Å². The van der Waals surface area contributed by atoms with Gasteiger partial charge in [0, 0.05) is 11.8 Å². The summed E-state index contributed by atoms with van der Waals surface area (Å²) < 4.78 is 12.3. The number of methoxy groups -OCH3 is 2. The molecule has 150 valence electrons. The third-order valence-corrected chi connectivity index (χ3v) is 5.88. The number of nitrogens with zero attached hydrogens (tertiary/aromatic N) is 3. The lowest BCUT2D eigenvalue weighted by Crippen LogP contribution is -2.41. The molecule has 2 atom stereocenters. The minimum absolute atomic E-state index is 0.136. The second kappa shape index (κ2) is 8.04. The molecule has 3 aromatic rings. The predicted octanol–water partition coefficient (Wildman–Crippen LogP) is 3.00. The Morgan fingerprint density at radius 2 is 1.86 bits per heavy atom. The quantitative estimate of drug-likeness (QED) is 0.667. The van der Waals surface area contributed by atoms with E-state index >= 15 is 0 Å². The fraction of sp³-hybridized carbons (Fsp3) is 0.250. The van der Waals surface area contributed by atoms with Crippen LogP contribution in [0.1, 0.15) is 17.4 Å². The first-order valence-electron chi connectivity index (χ1n) is 9.03. The van der Waals surface area contributed by atoms with Gasteiger partial charge in [0.25, 0.3) is 0 Å². The number of ether oxygens (including phenoxy) is 2. The van der Waals surface area contributed by atoms with Gasteiger partial charge in [-0.15, -0.1) is 10.2 Å². The molecule has 2 N–H and O–H groups in total. The van der Waals surface area contributed by atoms with E-state index in [1.165, 1.54) is 11.8 Å². The highest BCUT2D eigenvalue weighted by atomic mass is 32.2. The second-order valence-corrected chi connectivity index (χ2v) is 7.61. The van der Waals surface area contributed by atoms with Crippen LogP contribution in [-0.4, -0.2) is 40.3 Å². The number of rotatable bonds is 5. The van der Waals surface area contributed by atoms with E-state index in [0.717, 1.165) is 17.1 Å². The molecule has 0 saturated carbocycles. The Bertz CT molecular complexity index is 1020. The first-order chi connectivity index (χ1) is 14.1. The summed E-state index contributed by atoms with van der Waals surface area (Å²) in [5, 5.41) is 11.5. The van der Waals surface area contributed by atoms with Gasteiger partial charge in [0.15, 0.2) is 0 Å². The Morgan fingerprint density at radius 3 is 2.59 bits per heavy atom. The van der Waals surface area contributed by atoms with Crippen LogP contribution in [-0.2, 0) is 4.79 Å². The van der Waals surface area contributed by atoms with Crippen LogP contribution in [0, 0.1) is 6.92 Å². The van der Waals surface area contributed by atoms with Crippen LogP contribution in [0.5, 0.6) is 11.5 Å². The van der Waals surface area contributed by atoms with Crippen molar-refractivity contribution in [2.45, 2.75) is 23.4 Å². The number of nitrogens with one attached hydrogen (secondary N) is 2. The second-order valence-electron chi connectivity index (χ2n) is 6.50. The molecule has 0 fully saturated rings. The molecular formula is C20H21N5O3S. The van der Waals surface area contributed by atoms with Gasteiger partial charge in [0.1, 0.15) is 22.6 Å². The molecule has 1 aliphatic rings. The number of hydrogen-bond donors (Lipinski definition) is 2. The summed E-state index contributed by atoms with van der Waals surface area (Å²) in [5.41, 5.74) is 5.02. The highest BCUT2D eigenvalue weighted by Gasteiger charge is 2.37. The largest absolute Gasteiger partial charge is 0.497 e. The lowest BCUT2D eigenvalue weighted by molar-refractivity contribution is -0.116. The van der Waals surface area contributed by atoms with E-state index < -0.39 is 5.25 Å². The van der Waals surface area contributed by atoms with E-state index in [1.54, 1.807) is 20.3 Å². The van der Waals surface area contributed by atoms with Crippen molar-refractivity contribution in [3.63, 3.8) is 0 Å². The fourth-order valence-corrected chi connectivity index (χ4v) is 4.26.